The number of nitro benzene ring substituents is 1. The van der Waals surface area contributed by atoms with Crippen molar-refractivity contribution in [3.8, 4) is 0 Å². The molecule has 1 rings (SSSR count). The molecule has 100 valence electrons. The van der Waals surface area contributed by atoms with Crippen LogP contribution in [-0.2, 0) is 6.54 Å². The van der Waals surface area contributed by atoms with Crippen molar-refractivity contribution in [1.29, 1.82) is 0 Å². The van der Waals surface area contributed by atoms with E-state index in [1.165, 1.54) is 0 Å². The Balaban J connectivity index is 2.74. The number of nitrogens with one attached hydrogen (secondary N) is 1. The number of aryl methyl sites for hydroxylation is 1. The van der Waals surface area contributed by atoms with E-state index >= 15 is 0 Å². The van der Waals surface area contributed by atoms with Crippen LogP contribution in [0.4, 0.5) is 5.69 Å². The van der Waals surface area contributed by atoms with Gasteiger partial charge in [0.2, 0.25) is 0 Å². The standard InChI is InChI=1S/C13H20N2O3/c1-9(2)12(8-16)14-7-11-5-4-10(3)13(6-11)15(17)18/h4-6,9,12,14,16H,7-8H2,1-3H3. The maximum atomic E-state index is 10.8. The van der Waals surface area contributed by atoms with Gasteiger partial charge in [0.1, 0.15) is 0 Å². The van der Waals surface area contributed by atoms with Gasteiger partial charge in [-0.15, -0.1) is 0 Å². The molecule has 1 aromatic carbocycles. The van der Waals surface area contributed by atoms with Crippen LogP contribution in [0.2, 0.25) is 0 Å². The average Bonchev–Trinajstić information content (AvgIpc) is 2.31. The molecule has 2 N–H and O–H groups in total. The molecule has 0 bridgehead atoms. The fraction of sp³-hybridized carbons (Fsp3) is 0.538. The van der Waals surface area contributed by atoms with E-state index in [9.17, 15) is 15.2 Å². The van der Waals surface area contributed by atoms with Gasteiger partial charge in [-0.2, -0.15) is 0 Å². The Morgan fingerprint density at radius 2 is 2.11 bits per heavy atom. The molecule has 0 spiro atoms. The summed E-state index contributed by atoms with van der Waals surface area (Å²) in [5.41, 5.74) is 1.65. The summed E-state index contributed by atoms with van der Waals surface area (Å²) in [6, 6.07) is 5.20. The summed E-state index contributed by atoms with van der Waals surface area (Å²) in [5, 5.41) is 23.2. The highest BCUT2D eigenvalue weighted by Crippen LogP contribution is 2.19. The molecule has 0 fully saturated rings. The number of aliphatic hydroxyl groups is 1. The van der Waals surface area contributed by atoms with Gasteiger partial charge in [-0.1, -0.05) is 26.0 Å². The van der Waals surface area contributed by atoms with Crippen molar-refractivity contribution in [1.82, 2.24) is 5.32 Å². The summed E-state index contributed by atoms with van der Waals surface area (Å²) in [4.78, 5) is 10.5. The van der Waals surface area contributed by atoms with Crippen LogP contribution in [0, 0.1) is 23.0 Å². The topological polar surface area (TPSA) is 75.4 Å². The summed E-state index contributed by atoms with van der Waals surface area (Å²) >= 11 is 0. The van der Waals surface area contributed by atoms with Crippen molar-refractivity contribution in [3.63, 3.8) is 0 Å². The van der Waals surface area contributed by atoms with Gasteiger partial charge in [-0.05, 0) is 18.4 Å². The van der Waals surface area contributed by atoms with E-state index < -0.39 is 0 Å². The Kier molecular flexibility index (Phi) is 5.25. The lowest BCUT2D eigenvalue weighted by Crippen LogP contribution is -2.36. The van der Waals surface area contributed by atoms with E-state index in [-0.39, 0.29) is 23.3 Å². The first-order valence-corrected chi connectivity index (χ1v) is 6.04. The van der Waals surface area contributed by atoms with Gasteiger partial charge in [0.05, 0.1) is 11.5 Å². The SMILES string of the molecule is Cc1ccc(CNC(CO)C(C)C)cc1[N+](=O)[O-]. The van der Waals surface area contributed by atoms with E-state index in [4.69, 9.17) is 0 Å². The van der Waals surface area contributed by atoms with Gasteiger partial charge in [-0.3, -0.25) is 10.1 Å². The molecular weight excluding hydrogens is 232 g/mol. The lowest BCUT2D eigenvalue weighted by Gasteiger charge is -2.19. The molecule has 5 heteroatoms. The third kappa shape index (κ3) is 3.78. The van der Waals surface area contributed by atoms with Gasteiger partial charge in [0.15, 0.2) is 0 Å². The molecule has 0 amide bonds. The van der Waals surface area contributed by atoms with Gasteiger partial charge >= 0.3 is 0 Å². The quantitative estimate of drug-likeness (QED) is 0.600. The Morgan fingerprint density at radius 1 is 1.44 bits per heavy atom. The van der Waals surface area contributed by atoms with Crippen molar-refractivity contribution < 1.29 is 10.0 Å². The molecule has 0 aliphatic heterocycles. The minimum Gasteiger partial charge on any atom is -0.395 e. The van der Waals surface area contributed by atoms with E-state index in [0.717, 1.165) is 5.56 Å². The monoisotopic (exact) mass is 252 g/mol. The molecule has 1 unspecified atom stereocenters. The molecule has 1 aromatic rings. The minimum absolute atomic E-state index is 0.00496. The zero-order valence-corrected chi connectivity index (χ0v) is 11.0. The highest BCUT2D eigenvalue weighted by atomic mass is 16.6. The number of aliphatic hydroxyl groups excluding tert-OH is 1. The predicted molar refractivity (Wildman–Crippen MR) is 70.4 cm³/mol. The van der Waals surface area contributed by atoms with Crippen LogP contribution in [0.15, 0.2) is 18.2 Å². The van der Waals surface area contributed by atoms with Crippen LogP contribution in [0.25, 0.3) is 0 Å². The fourth-order valence-electron chi connectivity index (χ4n) is 1.72. The Labute approximate surface area is 107 Å². The number of nitro groups is 1. The van der Waals surface area contributed by atoms with Crippen molar-refractivity contribution in [3.05, 3.63) is 39.4 Å². The van der Waals surface area contributed by atoms with Crippen LogP contribution in [-0.4, -0.2) is 22.7 Å². The van der Waals surface area contributed by atoms with Crippen LogP contribution >= 0.6 is 0 Å². The Bertz CT molecular complexity index is 419. The molecule has 0 aromatic heterocycles. The summed E-state index contributed by atoms with van der Waals surface area (Å²) in [5.74, 6) is 0.315. The Hall–Kier alpha value is -1.46. The first-order valence-electron chi connectivity index (χ1n) is 6.04. The molecule has 18 heavy (non-hydrogen) atoms. The predicted octanol–water partition coefficient (Wildman–Crippen LogP) is 2.01. The van der Waals surface area contributed by atoms with Crippen molar-refractivity contribution >= 4 is 5.69 Å². The number of hydrogen-bond donors (Lipinski definition) is 2. The van der Waals surface area contributed by atoms with E-state index in [1.54, 1.807) is 19.1 Å². The molecule has 0 aliphatic carbocycles. The Morgan fingerprint density at radius 3 is 2.61 bits per heavy atom. The highest BCUT2D eigenvalue weighted by molar-refractivity contribution is 5.42. The maximum Gasteiger partial charge on any atom is 0.272 e. The van der Waals surface area contributed by atoms with Gasteiger partial charge in [0.25, 0.3) is 5.69 Å². The van der Waals surface area contributed by atoms with Crippen molar-refractivity contribution in [2.75, 3.05) is 6.61 Å². The molecule has 0 saturated heterocycles. The zero-order chi connectivity index (χ0) is 13.7. The van der Waals surface area contributed by atoms with Crippen molar-refractivity contribution in [2.24, 2.45) is 5.92 Å². The summed E-state index contributed by atoms with van der Waals surface area (Å²) in [6.45, 7) is 6.34. The second-order valence-corrected chi connectivity index (χ2v) is 4.79. The van der Waals surface area contributed by atoms with Gasteiger partial charge in [0, 0.05) is 24.2 Å². The lowest BCUT2D eigenvalue weighted by atomic mass is 10.0. The number of hydrogen-bond acceptors (Lipinski definition) is 4. The van der Waals surface area contributed by atoms with E-state index in [2.05, 4.69) is 5.32 Å². The lowest BCUT2D eigenvalue weighted by molar-refractivity contribution is -0.385. The summed E-state index contributed by atoms with van der Waals surface area (Å²) < 4.78 is 0. The normalized spacial score (nSPS) is 12.7. The number of benzene rings is 1. The molecule has 0 saturated carbocycles. The van der Waals surface area contributed by atoms with Crippen molar-refractivity contribution in [2.45, 2.75) is 33.4 Å². The molecule has 0 aliphatic rings. The summed E-state index contributed by atoms with van der Waals surface area (Å²) in [7, 11) is 0. The van der Waals surface area contributed by atoms with Gasteiger partial charge in [-0.25, -0.2) is 0 Å². The first kappa shape index (κ1) is 14.6. The third-order valence-corrected chi connectivity index (χ3v) is 3.04. The van der Waals surface area contributed by atoms with Gasteiger partial charge < -0.3 is 10.4 Å². The molecule has 0 heterocycles. The van der Waals surface area contributed by atoms with E-state index in [0.29, 0.717) is 18.0 Å². The largest absolute Gasteiger partial charge is 0.395 e. The molecule has 5 nitrogen and oxygen atoms in total. The molecular formula is C13H20N2O3. The minimum atomic E-state index is -0.370. The summed E-state index contributed by atoms with van der Waals surface area (Å²) in [6.07, 6.45) is 0. The number of nitrogens with zero attached hydrogens (tertiary/aromatic N) is 1. The second-order valence-electron chi connectivity index (χ2n) is 4.79. The first-order chi connectivity index (χ1) is 8.45. The van der Waals surface area contributed by atoms with Crippen LogP contribution < -0.4 is 5.32 Å². The molecule has 0 radical (unpaired) electrons. The fourth-order valence-corrected chi connectivity index (χ4v) is 1.72. The maximum absolute atomic E-state index is 10.8. The molecule has 1 atom stereocenters. The van der Waals surface area contributed by atoms with Crippen LogP contribution in [0.3, 0.4) is 0 Å². The average molecular weight is 252 g/mol. The smallest absolute Gasteiger partial charge is 0.272 e. The van der Waals surface area contributed by atoms with E-state index in [1.807, 2.05) is 19.9 Å². The van der Waals surface area contributed by atoms with Crippen LogP contribution in [0.5, 0.6) is 0 Å². The highest BCUT2D eigenvalue weighted by Gasteiger charge is 2.13. The third-order valence-electron chi connectivity index (χ3n) is 3.04. The second kappa shape index (κ2) is 6.47. The number of rotatable bonds is 6. The van der Waals surface area contributed by atoms with Crippen LogP contribution in [0.1, 0.15) is 25.0 Å². The zero-order valence-electron chi connectivity index (χ0n) is 11.0.